The Kier molecular flexibility index (Phi) is 10.4. The molecule has 1 unspecified atom stereocenters. The number of carbonyl (C=O) groups is 5. The summed E-state index contributed by atoms with van der Waals surface area (Å²) in [6, 6.07) is -2.88. The first kappa shape index (κ1) is 31.6. The van der Waals surface area contributed by atoms with Gasteiger partial charge < -0.3 is 30.3 Å². The predicted molar refractivity (Wildman–Crippen MR) is 148 cm³/mol. The Bertz CT molecular complexity index is 989. The van der Waals surface area contributed by atoms with Crippen LogP contribution in [0.4, 0.5) is 4.79 Å². The fraction of sp³-hybridized carbons (Fsp3) is 0.759. The highest BCUT2D eigenvalue weighted by Crippen LogP contribution is 2.64. The van der Waals surface area contributed by atoms with Crippen LogP contribution in [-0.4, -0.2) is 84.5 Å². The van der Waals surface area contributed by atoms with E-state index in [1.807, 2.05) is 0 Å². The molecule has 3 aliphatic rings. The Morgan fingerprint density at radius 1 is 1.15 bits per heavy atom. The fourth-order valence-corrected chi connectivity index (χ4v) is 5.86. The molecule has 40 heavy (non-hydrogen) atoms. The van der Waals surface area contributed by atoms with Crippen LogP contribution in [0.3, 0.4) is 0 Å². The van der Waals surface area contributed by atoms with Gasteiger partial charge in [0.2, 0.25) is 17.6 Å². The van der Waals surface area contributed by atoms with Crippen LogP contribution < -0.4 is 16.0 Å². The third-order valence-corrected chi connectivity index (χ3v) is 8.08. The van der Waals surface area contributed by atoms with Gasteiger partial charge in [0, 0.05) is 19.7 Å². The van der Waals surface area contributed by atoms with Gasteiger partial charge in [-0.3, -0.25) is 19.2 Å². The molecule has 1 aliphatic carbocycles. The average molecular weight is 563 g/mol. The third kappa shape index (κ3) is 7.83. The van der Waals surface area contributed by atoms with E-state index in [1.54, 1.807) is 20.8 Å². The lowest BCUT2D eigenvalue weighted by Gasteiger charge is -2.34. The maximum atomic E-state index is 13.8. The molecular formula is C29H46N4O7. The molecule has 11 heteroatoms. The molecular weight excluding hydrogens is 516 g/mol. The van der Waals surface area contributed by atoms with Gasteiger partial charge in [-0.2, -0.15) is 0 Å². The topological polar surface area (TPSA) is 143 Å². The minimum atomic E-state index is -1.04. The second-order valence-corrected chi connectivity index (χ2v) is 12.6. The minimum absolute atomic E-state index is 0.0494. The van der Waals surface area contributed by atoms with Crippen LogP contribution in [0.15, 0.2) is 12.7 Å². The van der Waals surface area contributed by atoms with Gasteiger partial charge in [0.1, 0.15) is 17.7 Å². The van der Waals surface area contributed by atoms with Crippen molar-refractivity contribution < 1.29 is 33.4 Å². The monoisotopic (exact) mass is 562 g/mol. The standard InChI is InChI=1S/C29H46N4O7/c1-7-14-30-25(36)23(34)19-13-11-9-8-10-12-15-39-17-20(32-27(38)40-28(2,3)4)26(37)33-16-18-21(29(18,5)6)22(33)24(35)31-19/h7,18-22H,1,8-17H2,2-6H3,(H,30,36)(H,31,35)(H,32,38)/t18-,19-,20-,21-,22?/m0/s1. The molecule has 4 amide bonds. The molecule has 0 spiro atoms. The number of fused-ring (bicyclic) bond motifs is 3. The second-order valence-electron chi connectivity index (χ2n) is 12.6. The van der Waals surface area contributed by atoms with Gasteiger partial charge in [0.15, 0.2) is 0 Å². The molecule has 0 bridgehead atoms. The summed E-state index contributed by atoms with van der Waals surface area (Å²) in [7, 11) is 0. The average Bonchev–Trinajstić information content (AvgIpc) is 3.19. The van der Waals surface area contributed by atoms with E-state index in [9.17, 15) is 24.0 Å². The van der Waals surface area contributed by atoms with Crippen LogP contribution >= 0.6 is 0 Å². The lowest BCUT2D eigenvalue weighted by Crippen LogP contribution is -2.59. The molecule has 3 fully saturated rings. The van der Waals surface area contributed by atoms with Crippen molar-refractivity contribution in [1.82, 2.24) is 20.9 Å². The van der Waals surface area contributed by atoms with Crippen molar-refractivity contribution in [2.45, 2.75) is 96.9 Å². The predicted octanol–water partition coefficient (Wildman–Crippen LogP) is 2.09. The van der Waals surface area contributed by atoms with Gasteiger partial charge in [-0.05, 0) is 50.9 Å². The molecule has 224 valence electrons. The Morgan fingerprint density at radius 3 is 2.50 bits per heavy atom. The number of carbonyl (C=O) groups excluding carboxylic acids is 5. The Morgan fingerprint density at radius 2 is 1.82 bits per heavy atom. The number of ketones is 1. The van der Waals surface area contributed by atoms with Crippen molar-refractivity contribution in [3.05, 3.63) is 12.7 Å². The van der Waals surface area contributed by atoms with Crippen molar-refractivity contribution in [3.8, 4) is 0 Å². The molecule has 0 radical (unpaired) electrons. The van der Waals surface area contributed by atoms with E-state index < -0.39 is 53.3 Å². The first-order valence-electron chi connectivity index (χ1n) is 14.4. The van der Waals surface area contributed by atoms with Crippen molar-refractivity contribution in [2.24, 2.45) is 17.3 Å². The second kappa shape index (κ2) is 13.1. The van der Waals surface area contributed by atoms with Crippen LogP contribution in [0.5, 0.6) is 0 Å². The lowest BCUT2D eigenvalue weighted by molar-refractivity contribution is -0.145. The van der Waals surface area contributed by atoms with E-state index in [0.717, 1.165) is 25.7 Å². The number of nitrogens with zero attached hydrogens (tertiary/aromatic N) is 1. The number of nitrogens with one attached hydrogen (secondary N) is 3. The molecule has 0 aromatic heterocycles. The lowest BCUT2D eigenvalue weighted by atomic mass is 9.98. The summed E-state index contributed by atoms with van der Waals surface area (Å²) < 4.78 is 11.2. The van der Waals surface area contributed by atoms with Crippen molar-refractivity contribution >= 4 is 29.6 Å². The van der Waals surface area contributed by atoms with E-state index in [0.29, 0.717) is 26.0 Å². The van der Waals surface area contributed by atoms with Crippen LogP contribution in [0, 0.1) is 17.3 Å². The Hall–Kier alpha value is -2.95. The number of alkyl carbamates (subject to hydrolysis) is 1. The molecule has 5 atom stereocenters. The quantitative estimate of drug-likeness (QED) is 0.344. The Labute approximate surface area is 237 Å². The summed E-state index contributed by atoms with van der Waals surface area (Å²) in [6.45, 7) is 13.7. The first-order chi connectivity index (χ1) is 18.8. The smallest absolute Gasteiger partial charge is 0.408 e. The number of rotatable bonds is 5. The molecule has 11 nitrogen and oxygen atoms in total. The highest BCUT2D eigenvalue weighted by Gasteiger charge is 2.69. The molecule has 0 aromatic rings. The number of Topliss-reactive ketones (excluding diaryl/α,β-unsaturated/α-hetero) is 1. The first-order valence-corrected chi connectivity index (χ1v) is 14.4. The van der Waals surface area contributed by atoms with Gasteiger partial charge in [0.05, 0.1) is 12.6 Å². The highest BCUT2D eigenvalue weighted by molar-refractivity contribution is 6.38. The maximum absolute atomic E-state index is 13.8. The molecule has 1 saturated carbocycles. The number of hydrogen-bond donors (Lipinski definition) is 3. The van der Waals surface area contributed by atoms with Crippen LogP contribution in [0.25, 0.3) is 0 Å². The van der Waals surface area contributed by atoms with Crippen LogP contribution in [0.1, 0.15) is 73.1 Å². The van der Waals surface area contributed by atoms with Crippen LogP contribution in [0.2, 0.25) is 0 Å². The number of amides is 4. The fourth-order valence-electron chi connectivity index (χ4n) is 5.86. The molecule has 0 aromatic carbocycles. The third-order valence-electron chi connectivity index (χ3n) is 8.08. The van der Waals surface area contributed by atoms with Gasteiger partial charge in [-0.15, -0.1) is 6.58 Å². The van der Waals surface area contributed by atoms with E-state index in [1.165, 1.54) is 11.0 Å². The van der Waals surface area contributed by atoms with E-state index in [4.69, 9.17) is 9.47 Å². The highest BCUT2D eigenvalue weighted by atomic mass is 16.6. The summed E-state index contributed by atoms with van der Waals surface area (Å²) in [6.07, 6.45) is 5.12. The number of hydrogen-bond acceptors (Lipinski definition) is 7. The van der Waals surface area contributed by atoms with Crippen molar-refractivity contribution in [3.63, 3.8) is 0 Å². The van der Waals surface area contributed by atoms with Gasteiger partial charge in [-0.1, -0.05) is 45.6 Å². The summed E-state index contributed by atoms with van der Waals surface area (Å²) >= 11 is 0. The minimum Gasteiger partial charge on any atom is -0.444 e. The van der Waals surface area contributed by atoms with Crippen LogP contribution in [-0.2, 0) is 28.7 Å². The summed E-state index contributed by atoms with van der Waals surface area (Å²) in [4.78, 5) is 67.2. The van der Waals surface area contributed by atoms with Gasteiger partial charge >= 0.3 is 6.09 Å². The van der Waals surface area contributed by atoms with Gasteiger partial charge in [0.25, 0.3) is 5.91 Å². The molecule has 2 heterocycles. The van der Waals surface area contributed by atoms with Crippen molar-refractivity contribution in [1.29, 1.82) is 0 Å². The summed E-state index contributed by atoms with van der Waals surface area (Å²) in [5, 5.41) is 7.96. The van der Waals surface area contributed by atoms with E-state index in [2.05, 4.69) is 36.4 Å². The zero-order valence-electron chi connectivity index (χ0n) is 24.5. The summed E-state index contributed by atoms with van der Waals surface area (Å²) in [5.74, 6) is -2.40. The molecule has 2 saturated heterocycles. The van der Waals surface area contributed by atoms with Crippen molar-refractivity contribution in [2.75, 3.05) is 26.3 Å². The normalized spacial score (nSPS) is 29.3. The SMILES string of the molecule is C=CCNC(=O)C(=O)[C@@H]1CCCCCCCOC[C@H](NC(=O)OC(C)(C)C)C(=O)N2C[C@H]3[C@@H](C2C(=O)N1)C3(C)C. The Balaban J connectivity index is 1.86. The zero-order valence-corrected chi connectivity index (χ0v) is 24.5. The summed E-state index contributed by atoms with van der Waals surface area (Å²) in [5.41, 5.74) is -0.918. The van der Waals surface area contributed by atoms with E-state index >= 15 is 0 Å². The van der Waals surface area contributed by atoms with E-state index in [-0.39, 0.29) is 30.4 Å². The molecule has 3 N–H and O–H groups in total. The van der Waals surface area contributed by atoms with Gasteiger partial charge in [-0.25, -0.2) is 4.79 Å². The number of ether oxygens (including phenoxy) is 2. The molecule has 2 aliphatic heterocycles. The zero-order chi connectivity index (χ0) is 29.7. The number of piperidine rings is 1. The molecule has 3 rings (SSSR count). The maximum Gasteiger partial charge on any atom is 0.408 e. The largest absolute Gasteiger partial charge is 0.444 e.